The van der Waals surface area contributed by atoms with Gasteiger partial charge in [0.2, 0.25) is 5.91 Å². The first kappa shape index (κ1) is 17.6. The third-order valence-corrected chi connectivity index (χ3v) is 6.64. The van der Waals surface area contributed by atoms with Crippen LogP contribution in [0.3, 0.4) is 0 Å². The summed E-state index contributed by atoms with van der Waals surface area (Å²) in [6.07, 6.45) is 4.17. The van der Waals surface area contributed by atoms with Crippen molar-refractivity contribution < 1.29 is 4.79 Å². The van der Waals surface area contributed by atoms with Gasteiger partial charge in [0, 0.05) is 32.1 Å². The molecule has 0 spiro atoms. The topological polar surface area (TPSA) is 82.9 Å². The van der Waals surface area contributed by atoms with Crippen LogP contribution in [0.4, 0.5) is 0 Å². The van der Waals surface area contributed by atoms with Crippen LogP contribution < -0.4 is 0 Å². The summed E-state index contributed by atoms with van der Waals surface area (Å²) < 4.78 is 2.22. The Morgan fingerprint density at radius 3 is 3.07 bits per heavy atom. The number of hydrogen-bond donors (Lipinski definition) is 1. The largest absolute Gasteiger partial charge is 0.334 e. The van der Waals surface area contributed by atoms with Crippen LogP contribution in [0.25, 0.3) is 10.6 Å². The smallest absolute Gasteiger partial charge is 0.219 e. The Morgan fingerprint density at radius 2 is 2.25 bits per heavy atom. The molecule has 3 aromatic rings. The van der Waals surface area contributed by atoms with E-state index < -0.39 is 0 Å². The molecule has 5 heterocycles. The zero-order valence-electron chi connectivity index (χ0n) is 15.8. The van der Waals surface area contributed by atoms with Gasteiger partial charge >= 0.3 is 0 Å². The molecule has 1 fully saturated rings. The Balaban J connectivity index is 1.38. The molecule has 1 atom stereocenters. The summed E-state index contributed by atoms with van der Waals surface area (Å²) in [7, 11) is 0. The second-order valence-electron chi connectivity index (χ2n) is 7.44. The van der Waals surface area contributed by atoms with Gasteiger partial charge in [0.25, 0.3) is 0 Å². The minimum absolute atomic E-state index is 0.0966. The summed E-state index contributed by atoms with van der Waals surface area (Å²) >= 11 is 1.72. The maximum absolute atomic E-state index is 11.7. The minimum atomic E-state index is 0.0966. The van der Waals surface area contributed by atoms with E-state index in [4.69, 9.17) is 0 Å². The van der Waals surface area contributed by atoms with E-state index in [2.05, 4.69) is 47.4 Å². The average molecular weight is 398 g/mol. The lowest BCUT2D eigenvalue weighted by Gasteiger charge is -2.29. The number of carbonyl (C=O) groups excluding carboxylic acids is 1. The number of nitrogens with one attached hydrogen (secondary N) is 1. The number of nitrogens with zero attached hydrogens (tertiary/aromatic N) is 6. The zero-order chi connectivity index (χ0) is 19.1. The lowest BCUT2D eigenvalue weighted by Crippen LogP contribution is -2.38. The first-order valence-electron chi connectivity index (χ1n) is 9.68. The van der Waals surface area contributed by atoms with Crippen LogP contribution in [0.2, 0.25) is 0 Å². The second kappa shape index (κ2) is 7.14. The van der Waals surface area contributed by atoms with Crippen LogP contribution in [-0.4, -0.2) is 53.8 Å². The van der Waals surface area contributed by atoms with E-state index in [0.717, 1.165) is 56.4 Å². The molecule has 1 N–H and O–H groups in total. The van der Waals surface area contributed by atoms with Gasteiger partial charge in [-0.25, -0.2) is 0 Å². The molecule has 8 nitrogen and oxygen atoms in total. The summed E-state index contributed by atoms with van der Waals surface area (Å²) in [6.45, 7) is 5.55. The van der Waals surface area contributed by atoms with Gasteiger partial charge in [0.1, 0.15) is 0 Å². The SMILES string of the molecule is CC(=O)N1CCn2c(nnc2[C@@H]2CCCN2Cc2cn[nH]c2-c2cccs2)C1. The Bertz CT molecular complexity index is 976. The quantitative estimate of drug-likeness (QED) is 0.731. The van der Waals surface area contributed by atoms with Crippen molar-refractivity contribution in [2.75, 3.05) is 13.1 Å². The fourth-order valence-electron chi connectivity index (χ4n) is 4.29. The van der Waals surface area contributed by atoms with E-state index in [1.165, 1.54) is 10.4 Å². The van der Waals surface area contributed by atoms with Crippen molar-refractivity contribution in [2.45, 2.75) is 45.4 Å². The molecular formula is C19H23N7OS. The molecule has 1 amide bonds. The number of carbonyl (C=O) groups is 1. The third-order valence-electron chi connectivity index (χ3n) is 5.75. The van der Waals surface area contributed by atoms with Gasteiger partial charge in [-0.05, 0) is 30.8 Å². The molecule has 2 aliphatic rings. The summed E-state index contributed by atoms with van der Waals surface area (Å²) in [5.74, 6) is 2.03. The number of H-pyrrole nitrogens is 1. The fraction of sp³-hybridized carbons (Fsp3) is 0.474. The lowest BCUT2D eigenvalue weighted by molar-refractivity contribution is -0.130. The number of hydrogen-bond acceptors (Lipinski definition) is 6. The number of amides is 1. The molecule has 9 heteroatoms. The molecule has 0 radical (unpaired) electrons. The van der Waals surface area contributed by atoms with Gasteiger partial charge in [0.05, 0.1) is 29.4 Å². The normalized spacial score (nSPS) is 19.9. The highest BCUT2D eigenvalue weighted by Gasteiger charge is 2.33. The fourth-order valence-corrected chi connectivity index (χ4v) is 5.04. The van der Waals surface area contributed by atoms with E-state index >= 15 is 0 Å². The van der Waals surface area contributed by atoms with E-state index in [0.29, 0.717) is 6.54 Å². The summed E-state index contributed by atoms with van der Waals surface area (Å²) in [5.41, 5.74) is 2.33. The van der Waals surface area contributed by atoms with Crippen LogP contribution in [0.15, 0.2) is 23.7 Å². The van der Waals surface area contributed by atoms with Crippen molar-refractivity contribution in [1.82, 2.24) is 34.8 Å². The molecule has 0 bridgehead atoms. The van der Waals surface area contributed by atoms with Crippen LogP contribution in [0, 0.1) is 0 Å². The van der Waals surface area contributed by atoms with E-state index in [1.54, 1.807) is 18.3 Å². The number of likely N-dealkylation sites (tertiary alicyclic amines) is 1. The van der Waals surface area contributed by atoms with Crippen molar-refractivity contribution in [3.8, 4) is 10.6 Å². The van der Waals surface area contributed by atoms with Gasteiger partial charge in [-0.3, -0.25) is 14.8 Å². The molecular weight excluding hydrogens is 374 g/mol. The first-order chi connectivity index (χ1) is 13.7. The first-order valence-corrected chi connectivity index (χ1v) is 10.6. The van der Waals surface area contributed by atoms with Crippen molar-refractivity contribution >= 4 is 17.2 Å². The number of aromatic amines is 1. The molecule has 0 aromatic carbocycles. The predicted octanol–water partition coefficient (Wildman–Crippen LogP) is 2.43. The minimum Gasteiger partial charge on any atom is -0.334 e. The molecule has 5 rings (SSSR count). The van der Waals surface area contributed by atoms with Crippen LogP contribution in [0.1, 0.15) is 43.0 Å². The molecule has 0 unspecified atom stereocenters. The van der Waals surface area contributed by atoms with Gasteiger partial charge in [-0.2, -0.15) is 5.10 Å². The third kappa shape index (κ3) is 3.04. The van der Waals surface area contributed by atoms with Crippen LogP contribution in [-0.2, 0) is 24.4 Å². The van der Waals surface area contributed by atoms with Gasteiger partial charge < -0.3 is 9.47 Å². The lowest BCUT2D eigenvalue weighted by atomic mass is 10.1. The van der Waals surface area contributed by atoms with E-state index in [-0.39, 0.29) is 11.9 Å². The van der Waals surface area contributed by atoms with E-state index in [1.807, 2.05) is 11.1 Å². The summed E-state index contributed by atoms with van der Waals surface area (Å²) in [4.78, 5) is 17.2. The zero-order valence-corrected chi connectivity index (χ0v) is 16.7. The van der Waals surface area contributed by atoms with Crippen LogP contribution >= 0.6 is 11.3 Å². The van der Waals surface area contributed by atoms with Gasteiger partial charge in [-0.15, -0.1) is 21.5 Å². The van der Waals surface area contributed by atoms with Crippen molar-refractivity contribution in [1.29, 1.82) is 0 Å². The van der Waals surface area contributed by atoms with Gasteiger partial charge in [0.15, 0.2) is 11.6 Å². The van der Waals surface area contributed by atoms with Gasteiger partial charge in [-0.1, -0.05) is 6.07 Å². The van der Waals surface area contributed by atoms with Crippen LogP contribution in [0.5, 0.6) is 0 Å². The Morgan fingerprint density at radius 1 is 1.32 bits per heavy atom. The average Bonchev–Trinajstić information content (AvgIpc) is 3.48. The van der Waals surface area contributed by atoms with Crippen molar-refractivity contribution in [3.63, 3.8) is 0 Å². The Kier molecular flexibility index (Phi) is 4.48. The highest BCUT2D eigenvalue weighted by molar-refractivity contribution is 7.13. The second-order valence-corrected chi connectivity index (χ2v) is 8.39. The molecule has 146 valence electrons. The number of aromatic nitrogens is 5. The highest BCUT2D eigenvalue weighted by atomic mass is 32.1. The molecule has 28 heavy (non-hydrogen) atoms. The maximum atomic E-state index is 11.7. The molecule has 1 saturated heterocycles. The Hall–Kier alpha value is -2.52. The standard InChI is InChI=1S/C19H23N7OS/c1-13(27)24-7-8-26-17(12-24)21-23-19(26)15-4-2-6-25(15)11-14-10-20-22-18(14)16-5-3-9-28-16/h3,5,9-10,15H,2,4,6-8,11-12H2,1H3,(H,20,22)/t15-/m0/s1. The number of thiophene rings is 1. The summed E-state index contributed by atoms with van der Waals surface area (Å²) in [6, 6.07) is 4.45. The maximum Gasteiger partial charge on any atom is 0.219 e. The molecule has 0 saturated carbocycles. The Labute approximate surface area is 167 Å². The monoisotopic (exact) mass is 397 g/mol. The molecule has 2 aliphatic heterocycles. The highest BCUT2D eigenvalue weighted by Crippen LogP contribution is 2.35. The van der Waals surface area contributed by atoms with E-state index in [9.17, 15) is 4.79 Å². The number of fused-ring (bicyclic) bond motifs is 1. The molecule has 0 aliphatic carbocycles. The summed E-state index contributed by atoms with van der Waals surface area (Å²) in [5, 5.41) is 18.5. The predicted molar refractivity (Wildman–Crippen MR) is 105 cm³/mol. The number of rotatable bonds is 4. The molecule has 3 aromatic heterocycles. The van der Waals surface area contributed by atoms with Crippen molar-refractivity contribution in [2.24, 2.45) is 0 Å². The van der Waals surface area contributed by atoms with Crippen molar-refractivity contribution in [3.05, 3.63) is 40.9 Å².